The van der Waals surface area contributed by atoms with Gasteiger partial charge in [0.05, 0.1) is 17.9 Å². The highest BCUT2D eigenvalue weighted by molar-refractivity contribution is 7.22. The van der Waals surface area contributed by atoms with Gasteiger partial charge in [0.15, 0.2) is 22.4 Å². The van der Waals surface area contributed by atoms with Crippen LogP contribution >= 0.6 is 11.3 Å². The molecule has 5 rings (SSSR count). The summed E-state index contributed by atoms with van der Waals surface area (Å²) in [5.74, 6) is -0.683. The average Bonchev–Trinajstić information content (AvgIpc) is 3.26. The first-order valence-electron chi connectivity index (χ1n) is 10.8. The Balaban J connectivity index is 1.38. The number of halogens is 2. The number of ether oxygens (including phenoxy) is 3. The van der Waals surface area contributed by atoms with Crippen LogP contribution in [-0.2, 0) is 9.53 Å². The van der Waals surface area contributed by atoms with E-state index in [1.165, 1.54) is 11.0 Å². The molecule has 10 heteroatoms. The first kappa shape index (κ1) is 22.0. The summed E-state index contributed by atoms with van der Waals surface area (Å²) in [5, 5.41) is 0.309. The van der Waals surface area contributed by atoms with E-state index in [0.29, 0.717) is 47.5 Å². The molecule has 1 aromatic heterocycles. The number of hydrogen-bond acceptors (Lipinski definition) is 7. The Bertz CT molecular complexity index is 1150. The van der Waals surface area contributed by atoms with E-state index in [1.807, 2.05) is 6.07 Å². The number of para-hydroxylation sites is 2. The zero-order valence-corrected chi connectivity index (χ0v) is 18.7. The number of rotatable bonds is 6. The van der Waals surface area contributed by atoms with Crippen LogP contribution in [0.1, 0.15) is 6.42 Å². The van der Waals surface area contributed by atoms with Crippen LogP contribution < -0.4 is 14.4 Å². The van der Waals surface area contributed by atoms with E-state index in [-0.39, 0.29) is 18.0 Å². The topological polar surface area (TPSA) is 64.1 Å². The van der Waals surface area contributed by atoms with Gasteiger partial charge in [-0.25, -0.2) is 13.8 Å². The Morgan fingerprint density at radius 2 is 1.97 bits per heavy atom. The minimum absolute atomic E-state index is 0.0496. The van der Waals surface area contributed by atoms with Crippen molar-refractivity contribution < 1.29 is 27.8 Å². The third kappa shape index (κ3) is 4.78. The van der Waals surface area contributed by atoms with Gasteiger partial charge in [0.25, 0.3) is 5.91 Å². The molecule has 0 saturated carbocycles. The summed E-state index contributed by atoms with van der Waals surface area (Å²) in [7, 11) is 0. The fourth-order valence-electron chi connectivity index (χ4n) is 3.95. The van der Waals surface area contributed by atoms with Gasteiger partial charge < -0.3 is 14.2 Å². The van der Waals surface area contributed by atoms with Crippen molar-refractivity contribution in [3.8, 4) is 11.5 Å². The number of carbonyl (C=O) groups is 1. The first-order chi connectivity index (χ1) is 16.1. The Morgan fingerprint density at radius 3 is 2.79 bits per heavy atom. The van der Waals surface area contributed by atoms with E-state index < -0.39 is 17.7 Å². The van der Waals surface area contributed by atoms with Gasteiger partial charge in [0.1, 0.15) is 17.9 Å². The molecule has 174 valence electrons. The molecular formula is C23H23F2N3O4S. The second-order valence-corrected chi connectivity index (χ2v) is 8.90. The van der Waals surface area contributed by atoms with E-state index >= 15 is 0 Å². The quantitative estimate of drug-likeness (QED) is 0.544. The van der Waals surface area contributed by atoms with Crippen molar-refractivity contribution >= 4 is 32.6 Å². The van der Waals surface area contributed by atoms with Gasteiger partial charge in [-0.1, -0.05) is 23.5 Å². The van der Waals surface area contributed by atoms with Crippen molar-refractivity contribution in [1.82, 2.24) is 9.88 Å². The zero-order valence-electron chi connectivity index (χ0n) is 17.8. The molecule has 0 aliphatic carbocycles. The molecule has 3 heterocycles. The third-order valence-electron chi connectivity index (χ3n) is 5.64. The summed E-state index contributed by atoms with van der Waals surface area (Å²) in [4.78, 5) is 21.6. The van der Waals surface area contributed by atoms with Gasteiger partial charge in [0, 0.05) is 32.2 Å². The summed E-state index contributed by atoms with van der Waals surface area (Å²) in [5.41, 5.74) is 0.0496. The lowest BCUT2D eigenvalue weighted by Crippen LogP contribution is -2.47. The summed E-state index contributed by atoms with van der Waals surface area (Å²) >= 11 is 1.08. The summed E-state index contributed by atoms with van der Waals surface area (Å²) < 4.78 is 45.3. The molecule has 0 bridgehead atoms. The van der Waals surface area contributed by atoms with E-state index in [2.05, 4.69) is 9.88 Å². The van der Waals surface area contributed by atoms with Crippen molar-refractivity contribution in [1.29, 1.82) is 0 Å². The molecule has 0 N–H and O–H groups in total. The highest BCUT2D eigenvalue weighted by atomic mass is 32.1. The molecule has 0 spiro atoms. The van der Waals surface area contributed by atoms with Gasteiger partial charge in [-0.05, 0) is 24.6 Å². The predicted octanol–water partition coefficient (Wildman–Crippen LogP) is 3.47. The van der Waals surface area contributed by atoms with Crippen molar-refractivity contribution in [2.75, 3.05) is 50.9 Å². The number of carbonyl (C=O) groups excluding carboxylic acids is 1. The van der Waals surface area contributed by atoms with Crippen molar-refractivity contribution in [2.45, 2.75) is 12.5 Å². The van der Waals surface area contributed by atoms with E-state index in [0.717, 1.165) is 37.0 Å². The summed E-state index contributed by atoms with van der Waals surface area (Å²) in [6.45, 7) is 4.28. The number of morpholine rings is 1. The fourth-order valence-corrected chi connectivity index (χ4v) is 4.99. The lowest BCUT2D eigenvalue weighted by atomic mass is 10.2. The minimum Gasteiger partial charge on any atom is -0.485 e. The predicted molar refractivity (Wildman–Crippen MR) is 120 cm³/mol. The highest BCUT2D eigenvalue weighted by Crippen LogP contribution is 2.34. The zero-order chi connectivity index (χ0) is 22.8. The SMILES string of the molecule is O=C([C@H]1COc2ccccc2O1)N(CCCN1CCOCC1)c1nc2c(F)cc(F)cc2s1. The van der Waals surface area contributed by atoms with Crippen molar-refractivity contribution in [2.24, 2.45) is 0 Å². The van der Waals surface area contributed by atoms with Gasteiger partial charge in [0.2, 0.25) is 6.10 Å². The maximum atomic E-state index is 14.3. The van der Waals surface area contributed by atoms with Crippen LogP contribution in [0.3, 0.4) is 0 Å². The monoisotopic (exact) mass is 475 g/mol. The Kier molecular flexibility index (Phi) is 6.39. The maximum Gasteiger partial charge on any atom is 0.273 e. The van der Waals surface area contributed by atoms with Crippen LogP contribution in [-0.4, -0.2) is 67.9 Å². The molecule has 1 amide bonds. The van der Waals surface area contributed by atoms with Crippen LogP contribution in [0.4, 0.5) is 13.9 Å². The molecule has 2 aliphatic rings. The number of nitrogens with zero attached hydrogens (tertiary/aromatic N) is 3. The number of anilines is 1. The highest BCUT2D eigenvalue weighted by Gasteiger charge is 2.33. The minimum atomic E-state index is -0.864. The second kappa shape index (κ2) is 9.58. The summed E-state index contributed by atoms with van der Waals surface area (Å²) in [6.07, 6.45) is -0.181. The smallest absolute Gasteiger partial charge is 0.273 e. The molecule has 3 aromatic rings. The Hall–Kier alpha value is -2.82. The maximum absolute atomic E-state index is 14.3. The number of aromatic nitrogens is 1. The van der Waals surface area contributed by atoms with Crippen molar-refractivity contribution in [3.63, 3.8) is 0 Å². The number of hydrogen-bond donors (Lipinski definition) is 0. The van der Waals surface area contributed by atoms with E-state index in [4.69, 9.17) is 14.2 Å². The lowest BCUT2D eigenvalue weighted by Gasteiger charge is -2.31. The number of benzene rings is 2. The molecule has 7 nitrogen and oxygen atoms in total. The molecule has 33 heavy (non-hydrogen) atoms. The average molecular weight is 476 g/mol. The molecule has 2 aliphatic heterocycles. The molecule has 1 atom stereocenters. The standard InChI is InChI=1S/C23H23F2N3O4S/c24-15-12-16(25)21-20(13-15)33-23(26-21)28(7-3-6-27-8-10-30-11-9-27)22(29)19-14-31-17-4-1-2-5-18(17)32-19/h1-2,4-5,12-13,19H,3,6-11,14H2/t19-/m1/s1. The van der Waals surface area contributed by atoms with Crippen LogP contribution in [0.25, 0.3) is 10.2 Å². The molecule has 1 saturated heterocycles. The van der Waals surface area contributed by atoms with Crippen LogP contribution in [0.2, 0.25) is 0 Å². The third-order valence-corrected chi connectivity index (χ3v) is 6.67. The van der Waals surface area contributed by atoms with Crippen LogP contribution in [0, 0.1) is 11.6 Å². The van der Waals surface area contributed by atoms with Crippen LogP contribution in [0.15, 0.2) is 36.4 Å². The number of fused-ring (bicyclic) bond motifs is 2. The molecule has 0 unspecified atom stereocenters. The second-order valence-electron chi connectivity index (χ2n) is 7.89. The molecular weight excluding hydrogens is 452 g/mol. The summed E-state index contributed by atoms with van der Waals surface area (Å²) in [6, 6.07) is 9.18. The van der Waals surface area contributed by atoms with Crippen molar-refractivity contribution in [3.05, 3.63) is 48.0 Å². The molecule has 0 radical (unpaired) electrons. The Morgan fingerprint density at radius 1 is 1.18 bits per heavy atom. The van der Waals surface area contributed by atoms with Gasteiger partial charge in [-0.15, -0.1) is 0 Å². The van der Waals surface area contributed by atoms with Gasteiger partial charge in [-0.3, -0.25) is 14.6 Å². The normalized spacial score (nSPS) is 18.4. The van der Waals surface area contributed by atoms with Gasteiger partial charge >= 0.3 is 0 Å². The van der Waals surface area contributed by atoms with E-state index in [1.54, 1.807) is 18.2 Å². The largest absolute Gasteiger partial charge is 0.485 e. The first-order valence-corrected chi connectivity index (χ1v) is 11.7. The van der Waals surface area contributed by atoms with Crippen LogP contribution in [0.5, 0.6) is 11.5 Å². The molecule has 2 aromatic carbocycles. The lowest BCUT2D eigenvalue weighted by molar-refractivity contribution is -0.127. The fraction of sp³-hybridized carbons (Fsp3) is 0.391. The van der Waals surface area contributed by atoms with E-state index in [9.17, 15) is 13.6 Å². The molecule has 1 fully saturated rings. The number of thiazole rings is 1. The number of amides is 1. The van der Waals surface area contributed by atoms with Gasteiger partial charge in [-0.2, -0.15) is 0 Å². The Labute approximate surface area is 193 Å².